The highest BCUT2D eigenvalue weighted by Crippen LogP contribution is 2.34. The molecule has 0 saturated heterocycles. The third-order valence-electron chi connectivity index (χ3n) is 6.94. The van der Waals surface area contributed by atoms with Crippen LogP contribution < -0.4 is 10.6 Å². The summed E-state index contributed by atoms with van der Waals surface area (Å²) in [6.07, 6.45) is 0.832. The molecule has 0 aromatic heterocycles. The Labute approximate surface area is 201 Å². The summed E-state index contributed by atoms with van der Waals surface area (Å²) < 4.78 is 0. The Morgan fingerprint density at radius 3 is 2.50 bits per heavy atom. The van der Waals surface area contributed by atoms with E-state index in [9.17, 15) is 15.2 Å². The van der Waals surface area contributed by atoms with Crippen LogP contribution in [0.4, 0.5) is 5.69 Å². The smallest absolute Gasteiger partial charge is 0.310 e. The molecule has 0 aliphatic carbocycles. The molecule has 0 spiro atoms. The lowest BCUT2D eigenvalue weighted by molar-refractivity contribution is -0.138. The quantitative estimate of drug-likeness (QED) is 0.421. The number of nitriles is 1. The van der Waals surface area contributed by atoms with E-state index in [4.69, 9.17) is 0 Å². The topological polar surface area (TPSA) is 85.1 Å². The Morgan fingerprint density at radius 2 is 1.76 bits per heavy atom. The fraction of sp³-hybridized carbons (Fsp3) is 0.310. The maximum Gasteiger partial charge on any atom is 0.310 e. The number of rotatable bonds is 8. The van der Waals surface area contributed by atoms with Crippen LogP contribution in [0.3, 0.4) is 0 Å². The highest BCUT2D eigenvalue weighted by atomic mass is 16.4. The summed E-state index contributed by atoms with van der Waals surface area (Å²) in [6.45, 7) is 5.48. The molecule has 3 N–H and O–H groups in total. The lowest BCUT2D eigenvalue weighted by atomic mass is 9.83. The van der Waals surface area contributed by atoms with E-state index < -0.39 is 11.9 Å². The molecule has 0 amide bonds. The van der Waals surface area contributed by atoms with Gasteiger partial charge in [-0.1, -0.05) is 67.6 Å². The number of anilines is 1. The summed E-state index contributed by atoms with van der Waals surface area (Å²) in [4.78, 5) is 11.4. The van der Waals surface area contributed by atoms with Crippen LogP contribution >= 0.6 is 0 Å². The number of carboxylic acid groups (broad SMARTS) is 1. The third-order valence-corrected chi connectivity index (χ3v) is 6.94. The number of aliphatic carboxylic acids is 1. The maximum atomic E-state index is 11.4. The molecule has 0 radical (unpaired) electrons. The van der Waals surface area contributed by atoms with E-state index in [0.717, 1.165) is 47.5 Å². The first-order valence-corrected chi connectivity index (χ1v) is 11.8. The Kier molecular flexibility index (Phi) is 7.30. The molecule has 1 aliphatic rings. The van der Waals surface area contributed by atoms with Gasteiger partial charge in [0.25, 0.3) is 0 Å². The molecule has 5 nitrogen and oxygen atoms in total. The average Bonchev–Trinajstić information content (AvgIpc) is 2.88. The first kappa shape index (κ1) is 23.5. The van der Waals surface area contributed by atoms with Crippen molar-refractivity contribution in [1.82, 2.24) is 5.32 Å². The molecule has 0 unspecified atom stereocenters. The van der Waals surface area contributed by atoms with Gasteiger partial charge in [0.2, 0.25) is 0 Å². The predicted molar refractivity (Wildman–Crippen MR) is 135 cm³/mol. The molecule has 1 aliphatic heterocycles. The minimum Gasteiger partial charge on any atom is -0.481 e. The summed E-state index contributed by atoms with van der Waals surface area (Å²) in [5, 5.41) is 26.3. The highest BCUT2D eigenvalue weighted by Gasteiger charge is 2.29. The van der Waals surface area contributed by atoms with Crippen LogP contribution in [-0.2, 0) is 11.2 Å². The maximum absolute atomic E-state index is 11.4. The van der Waals surface area contributed by atoms with Crippen LogP contribution in [0.15, 0.2) is 72.8 Å². The van der Waals surface area contributed by atoms with Crippen LogP contribution in [0.2, 0.25) is 0 Å². The number of nitrogens with one attached hydrogen (secondary N) is 2. The lowest BCUT2D eigenvalue weighted by Gasteiger charge is -2.34. The highest BCUT2D eigenvalue weighted by molar-refractivity contribution is 5.75. The van der Waals surface area contributed by atoms with Gasteiger partial charge in [0.05, 0.1) is 17.6 Å². The second-order valence-corrected chi connectivity index (χ2v) is 9.22. The Balaban J connectivity index is 1.54. The minimum absolute atomic E-state index is 0.122. The summed E-state index contributed by atoms with van der Waals surface area (Å²) >= 11 is 0. The number of hydrogen-bond acceptors (Lipinski definition) is 4. The summed E-state index contributed by atoms with van der Waals surface area (Å²) in [6, 6.07) is 26.7. The Hall–Kier alpha value is -3.62. The molecule has 4 rings (SSSR count). The Morgan fingerprint density at radius 1 is 1.06 bits per heavy atom. The van der Waals surface area contributed by atoms with Gasteiger partial charge < -0.3 is 15.7 Å². The molecule has 1 heterocycles. The van der Waals surface area contributed by atoms with Gasteiger partial charge in [-0.25, -0.2) is 0 Å². The number of fused-ring (bicyclic) bond motifs is 1. The van der Waals surface area contributed by atoms with Gasteiger partial charge in [-0.2, -0.15) is 5.26 Å². The number of hydrogen-bond donors (Lipinski definition) is 3. The molecule has 0 bridgehead atoms. The van der Waals surface area contributed by atoms with E-state index in [0.29, 0.717) is 0 Å². The molecular weight excluding hydrogens is 422 g/mol. The largest absolute Gasteiger partial charge is 0.481 e. The minimum atomic E-state index is -0.811. The van der Waals surface area contributed by atoms with Gasteiger partial charge in [-0.15, -0.1) is 0 Å². The number of carbonyl (C=O) groups is 1. The Bertz CT molecular complexity index is 1190. The number of nitrogens with zero attached hydrogens (tertiary/aromatic N) is 1. The first-order valence-electron chi connectivity index (χ1n) is 11.8. The number of carboxylic acids is 1. The van der Waals surface area contributed by atoms with Crippen molar-refractivity contribution >= 4 is 11.7 Å². The van der Waals surface area contributed by atoms with Gasteiger partial charge in [-0.05, 0) is 59.6 Å². The van der Waals surface area contributed by atoms with Gasteiger partial charge >= 0.3 is 5.97 Å². The molecule has 4 atom stereocenters. The summed E-state index contributed by atoms with van der Waals surface area (Å²) in [5.74, 6) is -0.839. The van der Waals surface area contributed by atoms with E-state index in [1.54, 1.807) is 6.92 Å². The van der Waals surface area contributed by atoms with Crippen LogP contribution in [0, 0.1) is 17.2 Å². The molecule has 5 heteroatoms. The fourth-order valence-electron chi connectivity index (χ4n) is 4.80. The van der Waals surface area contributed by atoms with Crippen molar-refractivity contribution in [3.63, 3.8) is 0 Å². The fourth-order valence-corrected chi connectivity index (χ4v) is 4.80. The molecular formula is C29H31N3O2. The van der Waals surface area contributed by atoms with Gasteiger partial charge in [0, 0.05) is 24.8 Å². The normalized spacial score (nSPS) is 17.5. The van der Waals surface area contributed by atoms with Crippen LogP contribution in [-0.4, -0.2) is 24.2 Å². The SMILES string of the molecule is C[C@@H](CN[C@H](c1ccccc1)[C@@H]1CNc2cccc(C#N)c2C1)c1cccc([C@@H](C)C(=O)O)c1. The molecule has 3 aromatic rings. The molecule has 0 saturated carbocycles. The van der Waals surface area contributed by atoms with E-state index in [-0.39, 0.29) is 17.9 Å². The standard InChI is InChI=1S/C29H31N3O2/c1-19(22-10-6-11-23(14-22)20(2)29(33)34)17-32-28(21-8-4-3-5-9-21)25-15-26-24(16-30)12-7-13-27(26)31-18-25/h3-14,19-20,25,28,31-32H,15,17-18H2,1-2H3,(H,33,34)/t19-,20+,25-,28+/m0/s1. The second-order valence-electron chi connectivity index (χ2n) is 9.22. The van der Waals surface area contributed by atoms with E-state index in [1.807, 2.05) is 42.5 Å². The molecule has 0 fully saturated rings. The molecule has 3 aromatic carbocycles. The van der Waals surface area contributed by atoms with Crippen LogP contribution in [0.25, 0.3) is 0 Å². The lowest BCUT2D eigenvalue weighted by Crippen LogP contribution is -2.37. The van der Waals surface area contributed by atoms with E-state index >= 15 is 0 Å². The van der Waals surface area contributed by atoms with E-state index in [1.165, 1.54) is 5.56 Å². The third kappa shape index (κ3) is 5.13. The van der Waals surface area contributed by atoms with E-state index in [2.05, 4.69) is 54.0 Å². The first-order chi connectivity index (χ1) is 16.5. The van der Waals surface area contributed by atoms with Crippen LogP contribution in [0.1, 0.15) is 59.5 Å². The van der Waals surface area contributed by atoms with Crippen molar-refractivity contribution in [2.45, 2.75) is 38.1 Å². The number of benzene rings is 3. The second kappa shape index (κ2) is 10.5. The zero-order valence-electron chi connectivity index (χ0n) is 19.7. The summed E-state index contributed by atoms with van der Waals surface area (Å²) in [5.41, 5.74) is 6.07. The molecule has 174 valence electrons. The van der Waals surface area contributed by atoms with Crippen molar-refractivity contribution in [3.05, 3.63) is 101 Å². The predicted octanol–water partition coefficient (Wildman–Crippen LogP) is 5.47. The van der Waals surface area contributed by atoms with Gasteiger partial charge in [-0.3, -0.25) is 4.79 Å². The van der Waals surface area contributed by atoms with Crippen molar-refractivity contribution in [2.24, 2.45) is 5.92 Å². The van der Waals surface area contributed by atoms with Crippen molar-refractivity contribution in [2.75, 3.05) is 18.4 Å². The van der Waals surface area contributed by atoms with Gasteiger partial charge in [0.15, 0.2) is 0 Å². The van der Waals surface area contributed by atoms with Crippen LogP contribution in [0.5, 0.6) is 0 Å². The zero-order chi connectivity index (χ0) is 24.1. The summed E-state index contributed by atoms with van der Waals surface area (Å²) in [7, 11) is 0. The van der Waals surface area contributed by atoms with Crippen molar-refractivity contribution in [1.29, 1.82) is 5.26 Å². The monoisotopic (exact) mass is 453 g/mol. The van der Waals surface area contributed by atoms with Gasteiger partial charge in [0.1, 0.15) is 0 Å². The van der Waals surface area contributed by atoms with Crippen molar-refractivity contribution in [3.8, 4) is 6.07 Å². The molecule has 34 heavy (non-hydrogen) atoms. The zero-order valence-corrected chi connectivity index (χ0v) is 19.7. The average molecular weight is 454 g/mol. The van der Waals surface area contributed by atoms with Crippen molar-refractivity contribution < 1.29 is 9.90 Å².